The van der Waals surface area contributed by atoms with Crippen LogP contribution >= 0.6 is 0 Å². The fourth-order valence-electron chi connectivity index (χ4n) is 2.58. The Morgan fingerprint density at radius 1 is 1.29 bits per heavy atom. The van der Waals surface area contributed by atoms with Gasteiger partial charge in [-0.2, -0.15) is 5.10 Å². The number of hydrogen-bond acceptors (Lipinski definition) is 5. The van der Waals surface area contributed by atoms with Gasteiger partial charge in [-0.15, -0.1) is 0 Å². The lowest BCUT2D eigenvalue weighted by Crippen LogP contribution is -2.25. The Bertz CT molecular complexity index is 710. The molecule has 1 amide bonds. The zero-order valence-electron chi connectivity index (χ0n) is 11.2. The Balaban J connectivity index is 1.57. The van der Waals surface area contributed by atoms with E-state index in [2.05, 4.69) is 20.8 Å². The average Bonchev–Trinajstić information content (AvgIpc) is 3.13. The van der Waals surface area contributed by atoms with Crippen molar-refractivity contribution in [3.05, 3.63) is 35.2 Å². The number of nitrogens with one attached hydrogen (secondary N) is 3. The van der Waals surface area contributed by atoms with Crippen LogP contribution in [0.15, 0.2) is 18.2 Å². The molecule has 0 saturated heterocycles. The number of hydrogen-bond donors (Lipinski definition) is 3. The number of aromatic amines is 1. The fourth-order valence-corrected chi connectivity index (χ4v) is 2.58. The smallest absolute Gasteiger partial charge is 0.276 e. The van der Waals surface area contributed by atoms with Gasteiger partial charge in [0.05, 0.1) is 0 Å². The molecule has 2 aliphatic rings. The highest BCUT2D eigenvalue weighted by atomic mass is 16.7. The summed E-state index contributed by atoms with van der Waals surface area (Å²) in [5.74, 6) is 1.10. The highest BCUT2D eigenvalue weighted by Crippen LogP contribution is 2.34. The largest absolute Gasteiger partial charge is 0.454 e. The summed E-state index contributed by atoms with van der Waals surface area (Å²) in [4.78, 5) is 12.4. The number of nitrogens with zero attached hydrogens (tertiary/aromatic N) is 1. The molecule has 2 aliphatic heterocycles. The van der Waals surface area contributed by atoms with Crippen molar-refractivity contribution in [3.8, 4) is 11.5 Å². The quantitative estimate of drug-likeness (QED) is 0.767. The monoisotopic (exact) mass is 286 g/mol. The minimum Gasteiger partial charge on any atom is -0.454 e. The molecule has 7 heteroatoms. The van der Waals surface area contributed by atoms with Crippen LogP contribution in [0.4, 0.5) is 5.69 Å². The number of H-pyrrole nitrogens is 1. The first-order valence-corrected chi connectivity index (χ1v) is 6.79. The van der Waals surface area contributed by atoms with Gasteiger partial charge < -0.3 is 20.1 Å². The zero-order chi connectivity index (χ0) is 14.2. The average molecular weight is 286 g/mol. The summed E-state index contributed by atoms with van der Waals surface area (Å²) in [7, 11) is 0. The first-order chi connectivity index (χ1) is 10.3. The molecule has 1 aromatic carbocycles. The van der Waals surface area contributed by atoms with Crippen LogP contribution in [0, 0.1) is 0 Å². The van der Waals surface area contributed by atoms with Crippen LogP contribution in [-0.2, 0) is 13.0 Å². The number of rotatable bonds is 2. The molecule has 3 N–H and O–H groups in total. The molecule has 0 aliphatic carbocycles. The molecule has 108 valence electrons. The molecule has 0 saturated carbocycles. The lowest BCUT2D eigenvalue weighted by molar-refractivity contribution is 0.102. The second-order valence-electron chi connectivity index (χ2n) is 4.98. The van der Waals surface area contributed by atoms with Crippen LogP contribution in [0.25, 0.3) is 0 Å². The van der Waals surface area contributed by atoms with E-state index < -0.39 is 0 Å². The second-order valence-corrected chi connectivity index (χ2v) is 4.98. The van der Waals surface area contributed by atoms with E-state index in [0.717, 1.165) is 24.2 Å². The van der Waals surface area contributed by atoms with Gasteiger partial charge in [-0.3, -0.25) is 9.89 Å². The Morgan fingerprint density at radius 3 is 3.14 bits per heavy atom. The number of amides is 1. The molecule has 0 fully saturated rings. The number of benzene rings is 1. The Hall–Kier alpha value is -2.54. The Kier molecular flexibility index (Phi) is 2.78. The van der Waals surface area contributed by atoms with Crippen LogP contribution in [0.5, 0.6) is 11.5 Å². The molecule has 0 spiro atoms. The highest BCUT2D eigenvalue weighted by Gasteiger charge is 2.22. The normalized spacial score (nSPS) is 15.6. The van der Waals surface area contributed by atoms with E-state index >= 15 is 0 Å². The van der Waals surface area contributed by atoms with Crippen molar-refractivity contribution in [1.82, 2.24) is 15.5 Å². The van der Waals surface area contributed by atoms with E-state index in [4.69, 9.17) is 9.47 Å². The maximum absolute atomic E-state index is 12.4. The number of anilines is 1. The molecule has 21 heavy (non-hydrogen) atoms. The number of carbonyl (C=O) groups excluding carboxylic acids is 1. The van der Waals surface area contributed by atoms with Gasteiger partial charge in [0.25, 0.3) is 5.91 Å². The maximum atomic E-state index is 12.4. The number of ether oxygens (including phenoxy) is 2. The van der Waals surface area contributed by atoms with E-state index in [9.17, 15) is 4.79 Å². The first-order valence-electron chi connectivity index (χ1n) is 6.79. The van der Waals surface area contributed by atoms with Crippen molar-refractivity contribution in [2.45, 2.75) is 13.0 Å². The Labute approximate surface area is 120 Å². The minimum atomic E-state index is -0.227. The number of fused-ring (bicyclic) bond motifs is 2. The molecular formula is C14H14N4O3. The van der Waals surface area contributed by atoms with Crippen LogP contribution < -0.4 is 20.1 Å². The van der Waals surface area contributed by atoms with Crippen molar-refractivity contribution >= 4 is 11.6 Å². The van der Waals surface area contributed by atoms with Crippen LogP contribution in [0.3, 0.4) is 0 Å². The van der Waals surface area contributed by atoms with Crippen LogP contribution in [0.1, 0.15) is 21.7 Å². The summed E-state index contributed by atoms with van der Waals surface area (Å²) in [6.07, 6.45) is 0.861. The Morgan fingerprint density at radius 2 is 2.19 bits per heavy atom. The lowest BCUT2D eigenvalue weighted by Gasteiger charge is -2.12. The molecule has 1 aromatic heterocycles. The minimum absolute atomic E-state index is 0.214. The molecule has 2 aromatic rings. The van der Waals surface area contributed by atoms with Gasteiger partial charge in [0.2, 0.25) is 6.79 Å². The van der Waals surface area contributed by atoms with Crippen LogP contribution in [0.2, 0.25) is 0 Å². The summed E-state index contributed by atoms with van der Waals surface area (Å²) in [6, 6.07) is 5.31. The molecule has 0 bridgehead atoms. The molecule has 0 atom stereocenters. The van der Waals surface area contributed by atoms with Gasteiger partial charge in [0, 0.05) is 42.5 Å². The molecule has 0 unspecified atom stereocenters. The molecule has 4 rings (SSSR count). The van der Waals surface area contributed by atoms with Crippen molar-refractivity contribution in [1.29, 1.82) is 0 Å². The maximum Gasteiger partial charge on any atom is 0.276 e. The van der Waals surface area contributed by atoms with Crippen molar-refractivity contribution in [3.63, 3.8) is 0 Å². The van der Waals surface area contributed by atoms with E-state index in [1.165, 1.54) is 0 Å². The van der Waals surface area contributed by atoms with Crippen molar-refractivity contribution in [2.24, 2.45) is 0 Å². The second kappa shape index (κ2) is 4.78. The van der Waals surface area contributed by atoms with E-state index in [1.807, 2.05) is 0 Å². The summed E-state index contributed by atoms with van der Waals surface area (Å²) >= 11 is 0. The van der Waals surface area contributed by atoms with E-state index in [0.29, 0.717) is 29.4 Å². The van der Waals surface area contributed by atoms with Gasteiger partial charge in [-0.05, 0) is 12.1 Å². The van der Waals surface area contributed by atoms with Gasteiger partial charge >= 0.3 is 0 Å². The highest BCUT2D eigenvalue weighted by molar-refractivity contribution is 6.04. The zero-order valence-corrected chi connectivity index (χ0v) is 11.2. The van der Waals surface area contributed by atoms with E-state index in [-0.39, 0.29) is 12.7 Å². The summed E-state index contributed by atoms with van der Waals surface area (Å²) < 4.78 is 10.5. The van der Waals surface area contributed by atoms with Crippen molar-refractivity contribution < 1.29 is 14.3 Å². The predicted octanol–water partition coefficient (Wildman–Crippen LogP) is 1.04. The summed E-state index contributed by atoms with van der Waals surface area (Å²) in [5, 5.41) is 13.2. The summed E-state index contributed by atoms with van der Waals surface area (Å²) in [5.41, 5.74) is 3.07. The van der Waals surface area contributed by atoms with Crippen molar-refractivity contribution in [2.75, 3.05) is 18.7 Å². The number of carbonyl (C=O) groups is 1. The molecule has 3 heterocycles. The molecule has 0 radical (unpaired) electrons. The standard InChI is InChI=1S/C14H14N4O3/c19-14(13-9-6-15-4-3-10(9)17-18-13)16-8-1-2-11-12(5-8)21-7-20-11/h1-2,5,15H,3-4,6-7H2,(H,16,19)(H,17,18). The first kappa shape index (κ1) is 12.2. The SMILES string of the molecule is O=C(Nc1ccc2c(c1)OCO2)c1n[nH]c2c1CNCC2. The molecule has 7 nitrogen and oxygen atoms in total. The van der Waals surface area contributed by atoms with Crippen LogP contribution in [-0.4, -0.2) is 29.4 Å². The third-order valence-electron chi connectivity index (χ3n) is 3.65. The summed E-state index contributed by atoms with van der Waals surface area (Å²) in [6.45, 7) is 1.78. The van der Waals surface area contributed by atoms with Gasteiger partial charge in [0.15, 0.2) is 17.2 Å². The van der Waals surface area contributed by atoms with E-state index in [1.54, 1.807) is 18.2 Å². The third-order valence-corrected chi connectivity index (χ3v) is 3.65. The number of aromatic nitrogens is 2. The topological polar surface area (TPSA) is 88.3 Å². The predicted molar refractivity (Wildman–Crippen MR) is 74.5 cm³/mol. The lowest BCUT2D eigenvalue weighted by atomic mass is 10.1. The van der Waals surface area contributed by atoms with Gasteiger partial charge in [-0.1, -0.05) is 0 Å². The van der Waals surface area contributed by atoms with Gasteiger partial charge in [-0.25, -0.2) is 0 Å². The van der Waals surface area contributed by atoms with Gasteiger partial charge in [0.1, 0.15) is 0 Å². The fraction of sp³-hybridized carbons (Fsp3) is 0.286. The molecular weight excluding hydrogens is 272 g/mol. The third kappa shape index (κ3) is 2.11.